The summed E-state index contributed by atoms with van der Waals surface area (Å²) in [5.74, 6) is 0.985. The molecule has 0 aliphatic carbocycles. The lowest BCUT2D eigenvalue weighted by Crippen LogP contribution is -2.33. The quantitative estimate of drug-likeness (QED) is 0.800. The normalized spacial score (nSPS) is 24.2. The van der Waals surface area contributed by atoms with Gasteiger partial charge in [-0.25, -0.2) is 0 Å². The molecule has 2 saturated heterocycles. The number of ether oxygens (including phenoxy) is 2. The Bertz CT molecular complexity index is 411. The van der Waals surface area contributed by atoms with Crippen LogP contribution in [0.2, 0.25) is 0 Å². The van der Waals surface area contributed by atoms with Crippen LogP contribution in [0.1, 0.15) is 12.8 Å². The van der Waals surface area contributed by atoms with Crippen molar-refractivity contribution in [3.8, 4) is 0 Å². The third-order valence-corrected chi connectivity index (χ3v) is 4.12. The Morgan fingerprint density at radius 2 is 2.29 bits per heavy atom. The molecule has 0 saturated carbocycles. The summed E-state index contributed by atoms with van der Waals surface area (Å²) in [4.78, 5) is 4.80. The monoisotopic (exact) mass is 292 g/mol. The van der Waals surface area contributed by atoms with E-state index in [1.807, 2.05) is 12.1 Å². The highest BCUT2D eigenvalue weighted by molar-refractivity contribution is 5.36. The van der Waals surface area contributed by atoms with Crippen LogP contribution in [0.4, 0.5) is 5.82 Å². The Morgan fingerprint density at radius 3 is 3.10 bits per heavy atom. The van der Waals surface area contributed by atoms with E-state index in [9.17, 15) is 0 Å². The molecule has 6 heteroatoms. The highest BCUT2D eigenvalue weighted by Gasteiger charge is 2.18. The molecule has 2 aliphatic heterocycles. The van der Waals surface area contributed by atoms with Gasteiger partial charge in [-0.2, -0.15) is 5.10 Å². The molecule has 1 atom stereocenters. The van der Waals surface area contributed by atoms with Gasteiger partial charge in [0.2, 0.25) is 0 Å². The number of aromatic nitrogens is 2. The highest BCUT2D eigenvalue weighted by atomic mass is 16.5. The summed E-state index contributed by atoms with van der Waals surface area (Å²) in [5.41, 5.74) is 0. The number of nitrogens with zero attached hydrogens (tertiary/aromatic N) is 4. The standard InChI is InChI=1S/C15H24N4O2/c1-3-15(17-16-5-1)19-7-2-6-18(8-9-19)10-12-21-14-4-11-20-13-14/h1,3,5,14H,2,4,6-13H2. The first-order valence-corrected chi connectivity index (χ1v) is 7.86. The molecule has 6 nitrogen and oxygen atoms in total. The third-order valence-electron chi connectivity index (χ3n) is 4.12. The van der Waals surface area contributed by atoms with Crippen molar-refractivity contribution in [2.75, 3.05) is 57.4 Å². The second kappa shape index (κ2) is 7.68. The van der Waals surface area contributed by atoms with Crippen LogP contribution in [0, 0.1) is 0 Å². The molecule has 1 unspecified atom stereocenters. The fourth-order valence-corrected chi connectivity index (χ4v) is 2.88. The van der Waals surface area contributed by atoms with Crippen LogP contribution in [-0.2, 0) is 9.47 Å². The third kappa shape index (κ3) is 4.36. The summed E-state index contributed by atoms with van der Waals surface area (Å²) in [5, 5.41) is 8.17. The average molecular weight is 292 g/mol. The molecule has 0 spiro atoms. The number of hydrogen-bond donors (Lipinski definition) is 0. The Hall–Kier alpha value is -1.24. The van der Waals surface area contributed by atoms with Crippen LogP contribution in [0.25, 0.3) is 0 Å². The van der Waals surface area contributed by atoms with Gasteiger partial charge in [0.15, 0.2) is 5.82 Å². The van der Waals surface area contributed by atoms with E-state index in [2.05, 4.69) is 20.0 Å². The Balaban J connectivity index is 1.40. The van der Waals surface area contributed by atoms with Gasteiger partial charge in [-0.1, -0.05) is 0 Å². The smallest absolute Gasteiger partial charge is 0.151 e. The number of anilines is 1. The van der Waals surface area contributed by atoms with Gasteiger partial charge in [0.25, 0.3) is 0 Å². The lowest BCUT2D eigenvalue weighted by atomic mass is 10.3. The first-order valence-electron chi connectivity index (χ1n) is 7.86. The summed E-state index contributed by atoms with van der Waals surface area (Å²) in [6, 6.07) is 3.98. The van der Waals surface area contributed by atoms with Gasteiger partial charge in [-0.05, 0) is 31.5 Å². The van der Waals surface area contributed by atoms with Gasteiger partial charge < -0.3 is 14.4 Å². The fraction of sp³-hybridized carbons (Fsp3) is 0.733. The van der Waals surface area contributed by atoms with E-state index < -0.39 is 0 Å². The second-order valence-corrected chi connectivity index (χ2v) is 5.62. The van der Waals surface area contributed by atoms with Crippen molar-refractivity contribution in [1.82, 2.24) is 15.1 Å². The predicted octanol–water partition coefficient (Wildman–Crippen LogP) is 0.794. The van der Waals surface area contributed by atoms with Crippen molar-refractivity contribution in [2.45, 2.75) is 18.9 Å². The van der Waals surface area contributed by atoms with E-state index in [4.69, 9.17) is 9.47 Å². The van der Waals surface area contributed by atoms with Gasteiger partial charge in [0.05, 0.1) is 19.3 Å². The maximum Gasteiger partial charge on any atom is 0.151 e. The van der Waals surface area contributed by atoms with E-state index in [1.165, 1.54) is 0 Å². The molecule has 2 aliphatic rings. The van der Waals surface area contributed by atoms with Crippen LogP contribution in [-0.4, -0.2) is 73.7 Å². The molecule has 1 aromatic heterocycles. The zero-order valence-electron chi connectivity index (χ0n) is 12.5. The summed E-state index contributed by atoms with van der Waals surface area (Å²) in [6.45, 7) is 7.66. The fourth-order valence-electron chi connectivity index (χ4n) is 2.88. The van der Waals surface area contributed by atoms with E-state index >= 15 is 0 Å². The summed E-state index contributed by atoms with van der Waals surface area (Å²) in [7, 11) is 0. The maximum atomic E-state index is 5.86. The lowest BCUT2D eigenvalue weighted by Gasteiger charge is -2.22. The van der Waals surface area contributed by atoms with Gasteiger partial charge in [-0.15, -0.1) is 5.10 Å². The molecule has 21 heavy (non-hydrogen) atoms. The number of rotatable bonds is 5. The average Bonchev–Trinajstić information content (AvgIpc) is 2.93. The SMILES string of the molecule is c1cnnc(N2CCCN(CCOC3CCOC3)CC2)c1. The van der Waals surface area contributed by atoms with Crippen LogP contribution >= 0.6 is 0 Å². The molecule has 0 aromatic carbocycles. The van der Waals surface area contributed by atoms with E-state index in [1.54, 1.807) is 6.20 Å². The molecular formula is C15H24N4O2. The minimum atomic E-state index is 0.313. The Kier molecular flexibility index (Phi) is 5.37. The summed E-state index contributed by atoms with van der Waals surface area (Å²) in [6.07, 6.45) is 4.23. The van der Waals surface area contributed by atoms with Crippen molar-refractivity contribution < 1.29 is 9.47 Å². The molecule has 3 heterocycles. The minimum absolute atomic E-state index is 0.313. The van der Waals surface area contributed by atoms with E-state index in [-0.39, 0.29) is 0 Å². The van der Waals surface area contributed by atoms with Crippen molar-refractivity contribution >= 4 is 5.82 Å². The largest absolute Gasteiger partial charge is 0.379 e. The lowest BCUT2D eigenvalue weighted by molar-refractivity contribution is 0.0306. The molecule has 0 amide bonds. The molecule has 3 rings (SSSR count). The van der Waals surface area contributed by atoms with Crippen molar-refractivity contribution in [3.05, 3.63) is 18.3 Å². The van der Waals surface area contributed by atoms with Gasteiger partial charge in [0.1, 0.15) is 0 Å². The molecular weight excluding hydrogens is 268 g/mol. The Morgan fingerprint density at radius 1 is 1.29 bits per heavy atom. The maximum absolute atomic E-state index is 5.86. The van der Waals surface area contributed by atoms with Crippen LogP contribution in [0.3, 0.4) is 0 Å². The number of hydrogen-bond acceptors (Lipinski definition) is 6. The molecule has 2 fully saturated rings. The predicted molar refractivity (Wildman–Crippen MR) is 80.5 cm³/mol. The van der Waals surface area contributed by atoms with Gasteiger partial charge in [0, 0.05) is 39.0 Å². The Labute approximate surface area is 126 Å². The van der Waals surface area contributed by atoms with Crippen LogP contribution in [0.5, 0.6) is 0 Å². The summed E-state index contributed by atoms with van der Waals surface area (Å²) >= 11 is 0. The van der Waals surface area contributed by atoms with Gasteiger partial charge >= 0.3 is 0 Å². The van der Waals surface area contributed by atoms with Crippen molar-refractivity contribution in [3.63, 3.8) is 0 Å². The summed E-state index contributed by atoms with van der Waals surface area (Å²) < 4.78 is 11.2. The second-order valence-electron chi connectivity index (χ2n) is 5.62. The molecule has 116 valence electrons. The molecule has 0 radical (unpaired) electrons. The first-order chi connectivity index (χ1) is 10.4. The zero-order valence-corrected chi connectivity index (χ0v) is 12.5. The highest BCUT2D eigenvalue weighted by Crippen LogP contribution is 2.12. The van der Waals surface area contributed by atoms with Crippen molar-refractivity contribution in [1.29, 1.82) is 0 Å². The molecule has 0 bridgehead atoms. The van der Waals surface area contributed by atoms with Crippen LogP contribution in [0.15, 0.2) is 18.3 Å². The van der Waals surface area contributed by atoms with Crippen molar-refractivity contribution in [2.24, 2.45) is 0 Å². The topological polar surface area (TPSA) is 50.7 Å². The first kappa shape index (κ1) is 14.7. The van der Waals surface area contributed by atoms with E-state index in [0.717, 1.165) is 71.2 Å². The molecule has 0 N–H and O–H groups in total. The molecule has 1 aromatic rings. The minimum Gasteiger partial charge on any atom is -0.379 e. The van der Waals surface area contributed by atoms with Crippen LogP contribution < -0.4 is 4.90 Å². The zero-order chi connectivity index (χ0) is 14.3. The van der Waals surface area contributed by atoms with Gasteiger partial charge in [-0.3, -0.25) is 4.90 Å². The van der Waals surface area contributed by atoms with E-state index in [0.29, 0.717) is 6.10 Å².